The Morgan fingerprint density at radius 3 is 3.09 bits per heavy atom. The fraction of sp³-hybridized carbons (Fsp3) is 0.353. The number of hydrogen-bond donors (Lipinski definition) is 2. The molecule has 1 aliphatic rings. The molecule has 2 aromatic heterocycles. The van der Waals surface area contributed by atoms with Crippen molar-refractivity contribution < 1.29 is 4.79 Å². The predicted molar refractivity (Wildman–Crippen MR) is 88.6 cm³/mol. The van der Waals surface area contributed by atoms with Gasteiger partial charge in [0.1, 0.15) is 5.56 Å². The fourth-order valence-corrected chi connectivity index (χ4v) is 2.81. The van der Waals surface area contributed by atoms with Gasteiger partial charge in [-0.15, -0.1) is 0 Å². The van der Waals surface area contributed by atoms with E-state index in [4.69, 9.17) is 0 Å². The zero-order chi connectivity index (χ0) is 16.2. The number of aryl methyl sites for hydroxylation is 1. The lowest BCUT2D eigenvalue weighted by Crippen LogP contribution is -2.31. The zero-order valence-corrected chi connectivity index (χ0v) is 13.1. The Hall–Kier alpha value is -2.47. The summed E-state index contributed by atoms with van der Waals surface area (Å²) in [6.07, 6.45) is 6.08. The average Bonchev–Trinajstić information content (AvgIpc) is 3.04. The van der Waals surface area contributed by atoms with Gasteiger partial charge < -0.3 is 15.2 Å². The average molecular weight is 312 g/mol. The third-order valence-corrected chi connectivity index (χ3v) is 4.15. The lowest BCUT2D eigenvalue weighted by atomic mass is 10.1. The van der Waals surface area contributed by atoms with E-state index < -0.39 is 0 Å². The third kappa shape index (κ3) is 3.48. The Morgan fingerprint density at radius 1 is 1.48 bits per heavy atom. The van der Waals surface area contributed by atoms with Gasteiger partial charge in [-0.05, 0) is 56.1 Å². The van der Waals surface area contributed by atoms with Crippen molar-refractivity contribution in [3.63, 3.8) is 0 Å². The van der Waals surface area contributed by atoms with Gasteiger partial charge in [0.05, 0.1) is 0 Å². The Kier molecular flexibility index (Phi) is 4.52. The number of amides is 1. The van der Waals surface area contributed by atoms with Crippen LogP contribution in [-0.4, -0.2) is 28.5 Å². The number of hydrogen-bond acceptors (Lipinski definition) is 4. The molecule has 120 valence electrons. The Morgan fingerprint density at radius 2 is 2.35 bits per heavy atom. The van der Waals surface area contributed by atoms with Gasteiger partial charge in [0, 0.05) is 30.8 Å². The summed E-state index contributed by atoms with van der Waals surface area (Å²) in [5, 5.41) is 6.07. The summed E-state index contributed by atoms with van der Waals surface area (Å²) in [4.78, 5) is 29.0. The molecular weight excluding hydrogens is 292 g/mol. The molecule has 3 rings (SSSR count). The van der Waals surface area contributed by atoms with E-state index in [1.54, 1.807) is 41.4 Å². The molecule has 2 N–H and O–H groups in total. The third-order valence-electron chi connectivity index (χ3n) is 4.15. The minimum Gasteiger partial charge on any atom is -0.321 e. The molecule has 0 aliphatic carbocycles. The van der Waals surface area contributed by atoms with Crippen molar-refractivity contribution in [2.75, 3.05) is 18.4 Å². The summed E-state index contributed by atoms with van der Waals surface area (Å²) in [7, 11) is 0. The minimum atomic E-state index is -0.386. The van der Waals surface area contributed by atoms with Gasteiger partial charge in [-0.1, -0.05) is 0 Å². The molecule has 6 heteroatoms. The number of carbonyl (C=O) groups is 1. The van der Waals surface area contributed by atoms with E-state index in [-0.39, 0.29) is 17.0 Å². The quantitative estimate of drug-likeness (QED) is 0.895. The molecule has 0 spiro atoms. The number of nitrogens with zero attached hydrogens (tertiary/aromatic N) is 2. The second kappa shape index (κ2) is 6.75. The van der Waals surface area contributed by atoms with Gasteiger partial charge in [0.15, 0.2) is 0 Å². The van der Waals surface area contributed by atoms with Crippen LogP contribution in [0.25, 0.3) is 0 Å². The van der Waals surface area contributed by atoms with E-state index >= 15 is 0 Å². The molecule has 1 aliphatic heterocycles. The van der Waals surface area contributed by atoms with Crippen molar-refractivity contribution in [1.29, 1.82) is 0 Å². The maximum Gasteiger partial charge on any atom is 0.263 e. The van der Waals surface area contributed by atoms with E-state index in [2.05, 4.69) is 15.6 Å². The standard InChI is InChI=1S/C17H20N4O2/c1-12-9-18-7-5-15(12)20-16(22)14-3-2-8-21(17(14)23)11-13-4-6-19-10-13/h2-3,5,7-9,13,19H,4,6,10-11H2,1H3,(H,18,20,22)/t13-/m1/s1. The second-order valence-electron chi connectivity index (χ2n) is 5.88. The SMILES string of the molecule is Cc1cnccc1NC(=O)c1cccn(C[C@@H]2CCNC2)c1=O. The number of pyridine rings is 2. The van der Waals surface area contributed by atoms with Gasteiger partial charge >= 0.3 is 0 Å². The van der Waals surface area contributed by atoms with Crippen molar-refractivity contribution in [3.8, 4) is 0 Å². The highest BCUT2D eigenvalue weighted by Crippen LogP contribution is 2.13. The van der Waals surface area contributed by atoms with Crippen molar-refractivity contribution in [3.05, 3.63) is 58.3 Å². The molecule has 0 aromatic carbocycles. The monoisotopic (exact) mass is 312 g/mol. The fourth-order valence-electron chi connectivity index (χ4n) is 2.81. The van der Waals surface area contributed by atoms with E-state index in [1.807, 2.05) is 6.92 Å². The van der Waals surface area contributed by atoms with E-state index in [9.17, 15) is 9.59 Å². The molecule has 0 radical (unpaired) electrons. The summed E-state index contributed by atoms with van der Waals surface area (Å²) in [6, 6.07) is 5.04. The highest BCUT2D eigenvalue weighted by Gasteiger charge is 2.18. The van der Waals surface area contributed by atoms with E-state index in [1.165, 1.54) is 0 Å². The maximum absolute atomic E-state index is 12.5. The summed E-state index contributed by atoms with van der Waals surface area (Å²) in [6.45, 7) is 4.40. The molecule has 0 saturated carbocycles. The van der Waals surface area contributed by atoms with Gasteiger partial charge in [-0.2, -0.15) is 0 Å². The highest BCUT2D eigenvalue weighted by molar-refractivity contribution is 6.04. The molecule has 1 fully saturated rings. The summed E-state index contributed by atoms with van der Waals surface area (Å²) in [5.41, 5.74) is 1.44. The van der Waals surface area contributed by atoms with Crippen LogP contribution in [0.15, 0.2) is 41.6 Å². The van der Waals surface area contributed by atoms with Gasteiger partial charge in [-0.25, -0.2) is 0 Å². The Balaban J connectivity index is 1.80. The van der Waals surface area contributed by atoms with Gasteiger partial charge in [0.2, 0.25) is 0 Å². The smallest absolute Gasteiger partial charge is 0.263 e. The van der Waals surface area contributed by atoms with Crippen LogP contribution in [0.5, 0.6) is 0 Å². The molecule has 0 unspecified atom stereocenters. The number of aromatic nitrogens is 2. The lowest BCUT2D eigenvalue weighted by Gasteiger charge is -2.13. The van der Waals surface area contributed by atoms with Crippen LogP contribution in [0, 0.1) is 12.8 Å². The zero-order valence-electron chi connectivity index (χ0n) is 13.1. The number of carbonyl (C=O) groups excluding carboxylic acids is 1. The largest absolute Gasteiger partial charge is 0.321 e. The normalized spacial score (nSPS) is 17.2. The molecule has 1 amide bonds. The Bertz CT molecular complexity index is 763. The van der Waals surface area contributed by atoms with Crippen molar-refractivity contribution in [2.24, 2.45) is 5.92 Å². The van der Waals surface area contributed by atoms with E-state index in [0.29, 0.717) is 18.2 Å². The van der Waals surface area contributed by atoms with Crippen LogP contribution in [0.2, 0.25) is 0 Å². The first-order valence-corrected chi connectivity index (χ1v) is 7.77. The molecule has 2 aromatic rings. The molecule has 23 heavy (non-hydrogen) atoms. The van der Waals surface area contributed by atoms with E-state index in [0.717, 1.165) is 25.1 Å². The van der Waals surface area contributed by atoms with Crippen LogP contribution in [0.1, 0.15) is 22.3 Å². The van der Waals surface area contributed by atoms with Crippen molar-refractivity contribution >= 4 is 11.6 Å². The first-order valence-electron chi connectivity index (χ1n) is 7.77. The van der Waals surface area contributed by atoms with Crippen LogP contribution in [-0.2, 0) is 6.54 Å². The maximum atomic E-state index is 12.5. The van der Waals surface area contributed by atoms with Gasteiger partial charge in [0.25, 0.3) is 11.5 Å². The first-order chi connectivity index (χ1) is 11.1. The molecular formula is C17H20N4O2. The molecule has 1 atom stereocenters. The topological polar surface area (TPSA) is 76.0 Å². The van der Waals surface area contributed by atoms with Crippen LogP contribution >= 0.6 is 0 Å². The Labute approximate surface area is 134 Å². The first kappa shape index (κ1) is 15.4. The summed E-state index contributed by atoms with van der Waals surface area (Å²) < 4.78 is 1.63. The number of anilines is 1. The lowest BCUT2D eigenvalue weighted by molar-refractivity contribution is 0.102. The van der Waals surface area contributed by atoms with Crippen molar-refractivity contribution in [2.45, 2.75) is 19.9 Å². The van der Waals surface area contributed by atoms with Crippen molar-refractivity contribution in [1.82, 2.24) is 14.9 Å². The second-order valence-corrected chi connectivity index (χ2v) is 5.88. The summed E-state index contributed by atoms with van der Waals surface area (Å²) in [5.74, 6) is 0.0525. The van der Waals surface area contributed by atoms with Gasteiger partial charge in [-0.3, -0.25) is 14.6 Å². The predicted octanol–water partition coefficient (Wildman–Crippen LogP) is 1.41. The molecule has 1 saturated heterocycles. The highest BCUT2D eigenvalue weighted by atomic mass is 16.2. The molecule has 6 nitrogen and oxygen atoms in total. The molecule has 3 heterocycles. The van der Waals surface area contributed by atoms with Crippen LogP contribution in [0.4, 0.5) is 5.69 Å². The van der Waals surface area contributed by atoms with Crippen LogP contribution in [0.3, 0.4) is 0 Å². The summed E-state index contributed by atoms with van der Waals surface area (Å²) >= 11 is 0. The number of rotatable bonds is 4. The number of nitrogens with one attached hydrogen (secondary N) is 2. The minimum absolute atomic E-state index is 0.162. The van der Waals surface area contributed by atoms with Crippen LogP contribution < -0.4 is 16.2 Å². The molecule has 0 bridgehead atoms.